The second-order valence-electron chi connectivity index (χ2n) is 8.93. The van der Waals surface area contributed by atoms with Gasteiger partial charge >= 0.3 is 0 Å². The lowest BCUT2D eigenvalue weighted by atomic mass is 10.1. The molecular weight excluding hydrogens is 545 g/mol. The number of likely N-dealkylation sites (N-methyl/N-ethyl adjacent to an activating group) is 1. The van der Waals surface area contributed by atoms with Crippen LogP contribution in [0.2, 0.25) is 10.0 Å². The molecule has 2 amide bonds. The molecule has 0 radical (unpaired) electrons. The standard InChI is InChI=1S/C28H31Cl2N3O4S/c1-5-26(28(35)31-4)32(17-23-24(29)12-9-13-25(23)30)27(34)18-33(21-15-19(2)14-20(3)16-21)38(36,37)22-10-7-6-8-11-22/h6-16,26H,5,17-18H2,1-4H3,(H,31,35)/t26-/m1/s1. The van der Waals surface area contributed by atoms with E-state index in [2.05, 4.69) is 5.32 Å². The Morgan fingerprint density at radius 2 is 1.50 bits per heavy atom. The summed E-state index contributed by atoms with van der Waals surface area (Å²) in [5.41, 5.74) is 2.51. The van der Waals surface area contributed by atoms with E-state index in [0.717, 1.165) is 15.4 Å². The van der Waals surface area contributed by atoms with E-state index in [-0.39, 0.29) is 17.3 Å². The van der Waals surface area contributed by atoms with E-state index in [4.69, 9.17) is 23.2 Å². The molecule has 3 aromatic carbocycles. The number of rotatable bonds is 10. The number of sulfonamides is 1. The fourth-order valence-electron chi connectivity index (χ4n) is 4.28. The van der Waals surface area contributed by atoms with Crippen LogP contribution >= 0.6 is 23.2 Å². The van der Waals surface area contributed by atoms with Crippen molar-refractivity contribution in [2.45, 2.75) is 44.7 Å². The second-order valence-corrected chi connectivity index (χ2v) is 11.6. The number of aryl methyl sites for hydroxylation is 2. The molecule has 0 aliphatic heterocycles. The predicted octanol–water partition coefficient (Wildman–Crippen LogP) is 5.36. The van der Waals surface area contributed by atoms with Gasteiger partial charge in [0.1, 0.15) is 12.6 Å². The van der Waals surface area contributed by atoms with Crippen molar-refractivity contribution >= 4 is 50.7 Å². The van der Waals surface area contributed by atoms with Gasteiger partial charge in [0.25, 0.3) is 10.0 Å². The summed E-state index contributed by atoms with van der Waals surface area (Å²) in [5.74, 6) is -0.956. The van der Waals surface area contributed by atoms with E-state index >= 15 is 0 Å². The van der Waals surface area contributed by atoms with E-state index in [9.17, 15) is 18.0 Å². The van der Waals surface area contributed by atoms with Crippen LogP contribution in [0.25, 0.3) is 0 Å². The summed E-state index contributed by atoms with van der Waals surface area (Å²) in [6.45, 7) is 4.88. The Morgan fingerprint density at radius 1 is 0.921 bits per heavy atom. The molecule has 0 unspecified atom stereocenters. The van der Waals surface area contributed by atoms with Gasteiger partial charge in [0.15, 0.2) is 0 Å². The summed E-state index contributed by atoms with van der Waals surface area (Å²) in [7, 11) is -2.65. The molecule has 0 heterocycles. The molecule has 0 aromatic heterocycles. The average Bonchev–Trinajstić information content (AvgIpc) is 2.88. The maximum atomic E-state index is 14.0. The maximum Gasteiger partial charge on any atom is 0.264 e. The molecule has 3 aromatic rings. The first-order valence-corrected chi connectivity index (χ1v) is 14.3. The Balaban J connectivity index is 2.12. The summed E-state index contributed by atoms with van der Waals surface area (Å²) >= 11 is 12.8. The van der Waals surface area contributed by atoms with E-state index in [0.29, 0.717) is 27.7 Å². The fourth-order valence-corrected chi connectivity index (χ4v) is 6.22. The van der Waals surface area contributed by atoms with Gasteiger partial charge in [-0.05, 0) is 67.8 Å². The minimum Gasteiger partial charge on any atom is -0.357 e. The van der Waals surface area contributed by atoms with E-state index in [1.165, 1.54) is 24.1 Å². The van der Waals surface area contributed by atoms with Crippen LogP contribution in [0, 0.1) is 13.8 Å². The monoisotopic (exact) mass is 575 g/mol. The molecule has 38 heavy (non-hydrogen) atoms. The van der Waals surface area contributed by atoms with Crippen molar-refractivity contribution in [3.05, 3.63) is 93.5 Å². The molecule has 202 valence electrons. The highest BCUT2D eigenvalue weighted by Crippen LogP contribution is 2.29. The molecule has 0 bridgehead atoms. The van der Waals surface area contributed by atoms with Gasteiger partial charge in [-0.25, -0.2) is 8.42 Å². The molecule has 0 saturated carbocycles. The van der Waals surface area contributed by atoms with Crippen LogP contribution in [-0.2, 0) is 26.2 Å². The van der Waals surface area contributed by atoms with Gasteiger partial charge < -0.3 is 10.2 Å². The zero-order chi connectivity index (χ0) is 28.0. The average molecular weight is 577 g/mol. The minimum absolute atomic E-state index is 0.0472. The Morgan fingerprint density at radius 3 is 2.03 bits per heavy atom. The largest absolute Gasteiger partial charge is 0.357 e. The number of benzene rings is 3. The number of hydrogen-bond acceptors (Lipinski definition) is 4. The molecule has 0 aliphatic carbocycles. The number of halogens is 2. The van der Waals surface area contributed by atoms with Crippen LogP contribution in [0.3, 0.4) is 0 Å². The van der Waals surface area contributed by atoms with Crippen molar-refractivity contribution in [1.82, 2.24) is 10.2 Å². The third-order valence-electron chi connectivity index (χ3n) is 6.13. The smallest absolute Gasteiger partial charge is 0.264 e. The number of carbonyl (C=O) groups is 2. The van der Waals surface area contributed by atoms with Gasteiger partial charge in [0.05, 0.1) is 10.6 Å². The van der Waals surface area contributed by atoms with Crippen LogP contribution < -0.4 is 9.62 Å². The molecule has 0 saturated heterocycles. The third kappa shape index (κ3) is 6.67. The fraction of sp³-hybridized carbons (Fsp3) is 0.286. The predicted molar refractivity (Wildman–Crippen MR) is 152 cm³/mol. The van der Waals surface area contributed by atoms with Crippen LogP contribution in [0.5, 0.6) is 0 Å². The number of hydrogen-bond donors (Lipinski definition) is 1. The molecular formula is C28H31Cl2N3O4S. The van der Waals surface area contributed by atoms with Crippen molar-refractivity contribution < 1.29 is 18.0 Å². The second kappa shape index (κ2) is 12.7. The highest BCUT2D eigenvalue weighted by Gasteiger charge is 2.34. The summed E-state index contributed by atoms with van der Waals surface area (Å²) in [6, 6.07) is 17.4. The quantitative estimate of drug-likeness (QED) is 0.352. The van der Waals surface area contributed by atoms with E-state index in [1.54, 1.807) is 55.5 Å². The van der Waals surface area contributed by atoms with Crippen LogP contribution in [0.15, 0.2) is 71.6 Å². The first-order valence-electron chi connectivity index (χ1n) is 12.1. The number of anilines is 1. The normalized spacial score (nSPS) is 12.1. The Kier molecular flexibility index (Phi) is 9.82. The molecule has 3 rings (SSSR count). The van der Waals surface area contributed by atoms with Crippen LogP contribution in [-0.4, -0.2) is 44.8 Å². The lowest BCUT2D eigenvalue weighted by molar-refractivity contribution is -0.140. The number of carbonyl (C=O) groups excluding carboxylic acids is 2. The van der Waals surface area contributed by atoms with Crippen molar-refractivity contribution in [3.63, 3.8) is 0 Å². The highest BCUT2D eigenvalue weighted by molar-refractivity contribution is 7.92. The zero-order valence-electron chi connectivity index (χ0n) is 21.7. The number of amides is 2. The molecule has 1 N–H and O–H groups in total. The lowest BCUT2D eigenvalue weighted by Gasteiger charge is -2.33. The van der Waals surface area contributed by atoms with Gasteiger partial charge in [-0.2, -0.15) is 0 Å². The summed E-state index contributed by atoms with van der Waals surface area (Å²) in [5, 5.41) is 3.27. The van der Waals surface area contributed by atoms with Gasteiger partial charge in [-0.3, -0.25) is 13.9 Å². The number of nitrogens with one attached hydrogen (secondary N) is 1. The first-order chi connectivity index (χ1) is 18.0. The van der Waals surface area contributed by atoms with E-state index < -0.39 is 28.5 Å². The maximum absolute atomic E-state index is 14.0. The van der Waals surface area contributed by atoms with Gasteiger partial charge in [0.2, 0.25) is 11.8 Å². The third-order valence-corrected chi connectivity index (χ3v) is 8.62. The Bertz CT molecular complexity index is 1370. The topological polar surface area (TPSA) is 86.8 Å². The number of nitrogens with zero attached hydrogens (tertiary/aromatic N) is 2. The molecule has 10 heteroatoms. The van der Waals surface area contributed by atoms with Crippen molar-refractivity contribution in [3.8, 4) is 0 Å². The van der Waals surface area contributed by atoms with Crippen molar-refractivity contribution in [1.29, 1.82) is 0 Å². The van der Waals surface area contributed by atoms with Crippen molar-refractivity contribution in [2.75, 3.05) is 17.9 Å². The van der Waals surface area contributed by atoms with Gasteiger partial charge in [0, 0.05) is 29.2 Å². The van der Waals surface area contributed by atoms with Crippen molar-refractivity contribution in [2.24, 2.45) is 0 Å². The van der Waals surface area contributed by atoms with Crippen LogP contribution in [0.1, 0.15) is 30.0 Å². The molecule has 0 aliphatic rings. The SMILES string of the molecule is CC[C@H](C(=O)NC)N(Cc1c(Cl)cccc1Cl)C(=O)CN(c1cc(C)cc(C)c1)S(=O)(=O)c1ccccc1. The summed E-state index contributed by atoms with van der Waals surface area (Å²) < 4.78 is 28.8. The zero-order valence-corrected chi connectivity index (χ0v) is 24.1. The summed E-state index contributed by atoms with van der Waals surface area (Å²) in [4.78, 5) is 28.2. The molecule has 1 atom stereocenters. The minimum atomic E-state index is -4.13. The molecule has 7 nitrogen and oxygen atoms in total. The Labute approximate surface area is 234 Å². The van der Waals surface area contributed by atoms with Gasteiger partial charge in [-0.1, -0.05) is 60.5 Å². The molecule has 0 spiro atoms. The van der Waals surface area contributed by atoms with Gasteiger partial charge in [-0.15, -0.1) is 0 Å². The summed E-state index contributed by atoms with van der Waals surface area (Å²) in [6.07, 6.45) is 0.294. The molecule has 0 fully saturated rings. The lowest BCUT2D eigenvalue weighted by Crippen LogP contribution is -2.51. The first kappa shape index (κ1) is 29.5. The van der Waals surface area contributed by atoms with Crippen LogP contribution in [0.4, 0.5) is 5.69 Å². The highest BCUT2D eigenvalue weighted by atomic mass is 35.5. The Hall–Kier alpha value is -3.07. The van der Waals surface area contributed by atoms with E-state index in [1.807, 2.05) is 19.9 Å².